The first-order valence-corrected chi connectivity index (χ1v) is 12.1. The summed E-state index contributed by atoms with van der Waals surface area (Å²) in [7, 11) is 0. The Kier molecular flexibility index (Phi) is 8.18. The van der Waals surface area contributed by atoms with E-state index < -0.39 is 23.5 Å². The second kappa shape index (κ2) is 11.5. The molecule has 0 bridgehead atoms. The molecule has 36 heavy (non-hydrogen) atoms. The van der Waals surface area contributed by atoms with Crippen molar-refractivity contribution in [2.24, 2.45) is 0 Å². The van der Waals surface area contributed by atoms with Gasteiger partial charge in [0.2, 0.25) is 0 Å². The van der Waals surface area contributed by atoms with Gasteiger partial charge in [0.05, 0.1) is 24.8 Å². The number of Topliss-reactive ketones (excluding diaryl/α,β-unsaturated/α-hetero) is 1. The molecule has 0 saturated carbocycles. The third-order valence-corrected chi connectivity index (χ3v) is 6.52. The van der Waals surface area contributed by atoms with Gasteiger partial charge in [-0.15, -0.1) is 0 Å². The number of rotatable bonds is 9. The first-order valence-electron chi connectivity index (χ1n) is 12.1. The lowest BCUT2D eigenvalue weighted by molar-refractivity contribution is -0.140. The monoisotopic (exact) mass is 494 g/mol. The molecule has 2 heterocycles. The number of carbonyl (C=O) groups is 2. The van der Waals surface area contributed by atoms with E-state index in [4.69, 9.17) is 9.47 Å². The van der Waals surface area contributed by atoms with E-state index in [9.17, 15) is 19.1 Å². The lowest BCUT2D eigenvalue weighted by Gasteiger charge is -2.29. The lowest BCUT2D eigenvalue weighted by atomic mass is 9.94. The van der Waals surface area contributed by atoms with Gasteiger partial charge >= 0.3 is 0 Å². The van der Waals surface area contributed by atoms with Crippen LogP contribution in [0.25, 0.3) is 5.76 Å². The normalized spacial score (nSPS) is 20.1. The number of aliphatic hydroxyl groups excluding tert-OH is 1. The molecule has 1 unspecified atom stereocenters. The van der Waals surface area contributed by atoms with E-state index in [0.29, 0.717) is 55.2 Å². The van der Waals surface area contributed by atoms with Crippen molar-refractivity contribution >= 4 is 17.4 Å². The fourth-order valence-electron chi connectivity index (χ4n) is 4.68. The summed E-state index contributed by atoms with van der Waals surface area (Å²) < 4.78 is 24.6. The SMILES string of the molecule is C=CCOc1ccc(C(O)=C2C(=O)C(=O)N(CCCN3CCOCC3)C2c2ccc(F)cc2)c(C)c1. The zero-order chi connectivity index (χ0) is 25.7. The number of nitrogens with zero attached hydrogens (tertiary/aromatic N) is 2. The molecule has 7 nitrogen and oxygen atoms in total. The van der Waals surface area contributed by atoms with Crippen LogP contribution in [-0.2, 0) is 14.3 Å². The quantitative estimate of drug-likeness (QED) is 0.247. The molecule has 0 aromatic heterocycles. The predicted molar refractivity (Wildman–Crippen MR) is 134 cm³/mol. The summed E-state index contributed by atoms with van der Waals surface area (Å²) in [4.78, 5) is 30.1. The minimum Gasteiger partial charge on any atom is -0.507 e. The molecule has 1 amide bonds. The Hall–Kier alpha value is -3.49. The van der Waals surface area contributed by atoms with Gasteiger partial charge in [0, 0.05) is 31.7 Å². The van der Waals surface area contributed by atoms with Gasteiger partial charge in [-0.3, -0.25) is 14.5 Å². The zero-order valence-electron chi connectivity index (χ0n) is 20.4. The molecule has 0 aliphatic carbocycles. The number of aliphatic hydroxyl groups is 1. The van der Waals surface area contributed by atoms with Crippen molar-refractivity contribution in [3.05, 3.63) is 83.2 Å². The summed E-state index contributed by atoms with van der Waals surface area (Å²) in [5.41, 5.74) is 1.68. The van der Waals surface area contributed by atoms with Crippen LogP contribution >= 0.6 is 0 Å². The molecule has 2 saturated heterocycles. The molecule has 2 aliphatic rings. The Morgan fingerprint density at radius 3 is 2.56 bits per heavy atom. The highest BCUT2D eigenvalue weighted by Crippen LogP contribution is 2.40. The fraction of sp³-hybridized carbons (Fsp3) is 0.357. The van der Waals surface area contributed by atoms with Crippen LogP contribution in [0.4, 0.5) is 4.39 Å². The number of carbonyl (C=O) groups excluding carboxylic acids is 2. The summed E-state index contributed by atoms with van der Waals surface area (Å²) in [6, 6.07) is 9.98. The van der Waals surface area contributed by atoms with Crippen LogP contribution in [0, 0.1) is 12.7 Å². The topological polar surface area (TPSA) is 79.3 Å². The number of hydrogen-bond donors (Lipinski definition) is 1. The summed E-state index contributed by atoms with van der Waals surface area (Å²) in [5, 5.41) is 11.3. The Labute approximate surface area is 210 Å². The van der Waals surface area contributed by atoms with E-state index >= 15 is 0 Å². The van der Waals surface area contributed by atoms with E-state index in [-0.39, 0.29) is 11.3 Å². The van der Waals surface area contributed by atoms with Crippen LogP contribution in [0.15, 0.2) is 60.7 Å². The van der Waals surface area contributed by atoms with E-state index in [1.165, 1.54) is 17.0 Å². The zero-order valence-corrected chi connectivity index (χ0v) is 20.4. The molecule has 4 rings (SSSR count). The Bertz CT molecular complexity index is 1160. The third-order valence-electron chi connectivity index (χ3n) is 6.52. The van der Waals surface area contributed by atoms with Gasteiger partial charge in [0.25, 0.3) is 11.7 Å². The summed E-state index contributed by atoms with van der Waals surface area (Å²) >= 11 is 0. The van der Waals surface area contributed by atoms with Crippen LogP contribution in [-0.4, -0.2) is 72.6 Å². The maximum Gasteiger partial charge on any atom is 0.295 e. The number of ether oxygens (including phenoxy) is 2. The van der Waals surface area contributed by atoms with Crippen molar-refractivity contribution in [3.63, 3.8) is 0 Å². The molecule has 2 aromatic carbocycles. The molecule has 2 aromatic rings. The first kappa shape index (κ1) is 25.6. The highest BCUT2D eigenvalue weighted by molar-refractivity contribution is 6.46. The molecule has 0 radical (unpaired) electrons. The molecule has 1 atom stereocenters. The standard InChI is InChI=1S/C28H31FN2O5/c1-3-15-36-22-9-10-23(19(2)18-22)26(32)24-25(20-5-7-21(29)8-6-20)31(28(34)27(24)33)12-4-11-30-13-16-35-17-14-30/h3,5-10,18,25,32H,1,4,11-17H2,2H3. The van der Waals surface area contributed by atoms with Crippen LogP contribution < -0.4 is 4.74 Å². The molecule has 8 heteroatoms. The molecule has 1 N–H and O–H groups in total. The minimum atomic E-state index is -0.814. The Morgan fingerprint density at radius 2 is 1.89 bits per heavy atom. The van der Waals surface area contributed by atoms with Gasteiger partial charge in [-0.1, -0.05) is 24.8 Å². The second-order valence-electron chi connectivity index (χ2n) is 8.93. The number of hydrogen-bond acceptors (Lipinski definition) is 6. The molecule has 0 spiro atoms. The number of ketones is 1. The number of likely N-dealkylation sites (tertiary alicyclic amines) is 1. The van der Waals surface area contributed by atoms with Crippen LogP contribution in [0.5, 0.6) is 5.75 Å². The number of benzene rings is 2. The van der Waals surface area contributed by atoms with Crippen LogP contribution in [0.1, 0.15) is 29.2 Å². The minimum absolute atomic E-state index is 0.000778. The summed E-state index contributed by atoms with van der Waals surface area (Å²) in [6.45, 7) is 9.85. The fourth-order valence-corrected chi connectivity index (χ4v) is 4.68. The van der Waals surface area contributed by atoms with Crippen molar-refractivity contribution in [2.75, 3.05) is 46.0 Å². The van der Waals surface area contributed by atoms with Crippen molar-refractivity contribution in [2.45, 2.75) is 19.4 Å². The maximum absolute atomic E-state index is 13.7. The average molecular weight is 495 g/mol. The number of morpholine rings is 1. The Balaban J connectivity index is 1.67. The van der Waals surface area contributed by atoms with Crippen LogP contribution in [0.2, 0.25) is 0 Å². The number of amides is 1. The summed E-state index contributed by atoms with van der Waals surface area (Å²) in [6.07, 6.45) is 2.28. The second-order valence-corrected chi connectivity index (χ2v) is 8.93. The number of halogens is 1. The first-order chi connectivity index (χ1) is 17.4. The molecule has 2 aliphatic heterocycles. The average Bonchev–Trinajstić information content (AvgIpc) is 3.13. The van der Waals surface area contributed by atoms with E-state index in [1.807, 2.05) is 0 Å². The molecule has 2 fully saturated rings. The van der Waals surface area contributed by atoms with Gasteiger partial charge in [-0.05, 0) is 54.8 Å². The van der Waals surface area contributed by atoms with Crippen LogP contribution in [0.3, 0.4) is 0 Å². The largest absolute Gasteiger partial charge is 0.507 e. The van der Waals surface area contributed by atoms with Gasteiger partial charge < -0.3 is 19.5 Å². The molecule has 190 valence electrons. The van der Waals surface area contributed by atoms with Crippen molar-refractivity contribution in [1.82, 2.24) is 9.80 Å². The van der Waals surface area contributed by atoms with E-state index in [2.05, 4.69) is 11.5 Å². The van der Waals surface area contributed by atoms with Crippen molar-refractivity contribution in [3.8, 4) is 5.75 Å². The highest BCUT2D eigenvalue weighted by Gasteiger charge is 2.46. The maximum atomic E-state index is 13.7. The van der Waals surface area contributed by atoms with Crippen molar-refractivity contribution < 1.29 is 28.6 Å². The van der Waals surface area contributed by atoms with Crippen molar-refractivity contribution in [1.29, 1.82) is 0 Å². The number of aryl methyl sites for hydroxylation is 1. The third kappa shape index (κ3) is 5.50. The van der Waals surface area contributed by atoms with E-state index in [1.54, 1.807) is 43.3 Å². The summed E-state index contributed by atoms with van der Waals surface area (Å²) in [5.74, 6) is -1.50. The Morgan fingerprint density at radius 1 is 1.17 bits per heavy atom. The smallest absolute Gasteiger partial charge is 0.295 e. The lowest BCUT2D eigenvalue weighted by Crippen LogP contribution is -2.38. The van der Waals surface area contributed by atoms with E-state index in [0.717, 1.165) is 19.6 Å². The molecular formula is C28H31FN2O5. The van der Waals surface area contributed by atoms with Gasteiger partial charge in [0.15, 0.2) is 0 Å². The van der Waals surface area contributed by atoms with Gasteiger partial charge in [-0.25, -0.2) is 4.39 Å². The molecular weight excluding hydrogens is 463 g/mol. The predicted octanol–water partition coefficient (Wildman–Crippen LogP) is 3.84. The van der Waals surface area contributed by atoms with Gasteiger partial charge in [0.1, 0.15) is 23.9 Å². The van der Waals surface area contributed by atoms with Gasteiger partial charge in [-0.2, -0.15) is 0 Å². The highest BCUT2D eigenvalue weighted by atomic mass is 19.1.